The fourth-order valence-corrected chi connectivity index (χ4v) is 3.83. The smallest absolute Gasteiger partial charge is 0.270 e. The van der Waals surface area contributed by atoms with Crippen molar-refractivity contribution < 1.29 is 23.5 Å². The molecular weight excluding hydrogens is 501 g/mol. The maximum Gasteiger partial charge on any atom is 0.270 e. The lowest BCUT2D eigenvalue weighted by atomic mass is 10.2. The Kier molecular flexibility index (Phi) is 9.36. The van der Waals surface area contributed by atoms with Crippen LogP contribution in [0.4, 0.5) is 4.39 Å². The molecule has 0 radical (unpaired) electrons. The van der Waals surface area contributed by atoms with Crippen LogP contribution >= 0.6 is 11.6 Å². The number of nitrogens with zero attached hydrogens (tertiary/aromatic N) is 3. The van der Waals surface area contributed by atoms with E-state index in [9.17, 15) is 14.0 Å². The quantitative estimate of drug-likeness (QED) is 0.417. The number of aromatic nitrogens is 2. The fourth-order valence-electron chi connectivity index (χ4n) is 3.62. The minimum absolute atomic E-state index is 0.0290. The molecule has 1 aromatic heterocycles. The summed E-state index contributed by atoms with van der Waals surface area (Å²) in [5, 5.41) is 5.42. The standard InChI is InChI=1S/C26H27ClFN5O4/c27-21-13-19(3-6-22(21)28)16-30-26(35)24-14-23(31-17-32-24)25(34)29-15-18-1-4-20(5-2-18)37-12-9-33-7-10-36-11-8-33/h1-6,13-14,17H,7-12,15-16H2,(H,29,34)(H,30,35). The van der Waals surface area contributed by atoms with Gasteiger partial charge in [-0.15, -0.1) is 0 Å². The molecule has 4 rings (SSSR count). The van der Waals surface area contributed by atoms with E-state index in [1.54, 1.807) is 0 Å². The number of carbonyl (C=O) groups excluding carboxylic acids is 2. The SMILES string of the molecule is O=C(NCc1ccc(OCCN2CCOCC2)cc1)c1cc(C(=O)NCc2ccc(F)c(Cl)c2)ncn1. The van der Waals surface area contributed by atoms with E-state index in [2.05, 4.69) is 25.5 Å². The Morgan fingerprint density at radius 2 is 1.57 bits per heavy atom. The molecule has 11 heteroatoms. The van der Waals surface area contributed by atoms with Gasteiger partial charge in [0.1, 0.15) is 35.9 Å². The summed E-state index contributed by atoms with van der Waals surface area (Å²) in [4.78, 5) is 35.2. The van der Waals surface area contributed by atoms with Crippen LogP contribution in [0.3, 0.4) is 0 Å². The normalized spacial score (nSPS) is 13.7. The Hall–Kier alpha value is -3.60. The lowest BCUT2D eigenvalue weighted by molar-refractivity contribution is 0.0322. The first-order chi connectivity index (χ1) is 18.0. The Morgan fingerprint density at radius 3 is 2.22 bits per heavy atom. The van der Waals surface area contributed by atoms with Crippen LogP contribution in [0.15, 0.2) is 54.9 Å². The van der Waals surface area contributed by atoms with Crippen molar-refractivity contribution in [3.05, 3.63) is 88.2 Å². The molecule has 0 bridgehead atoms. The Bertz CT molecular complexity index is 1220. The molecule has 1 aliphatic rings. The summed E-state index contributed by atoms with van der Waals surface area (Å²) in [6.07, 6.45) is 1.15. The van der Waals surface area contributed by atoms with E-state index < -0.39 is 17.6 Å². The maximum absolute atomic E-state index is 13.3. The third-order valence-corrected chi connectivity index (χ3v) is 6.02. The van der Waals surface area contributed by atoms with Gasteiger partial charge < -0.3 is 20.1 Å². The van der Waals surface area contributed by atoms with Crippen LogP contribution in [0.5, 0.6) is 5.75 Å². The molecular formula is C26H27ClFN5O4. The van der Waals surface area contributed by atoms with Gasteiger partial charge in [-0.1, -0.05) is 29.8 Å². The van der Waals surface area contributed by atoms with Crippen molar-refractivity contribution in [3.8, 4) is 5.75 Å². The van der Waals surface area contributed by atoms with Crippen molar-refractivity contribution in [2.45, 2.75) is 13.1 Å². The number of hydrogen-bond donors (Lipinski definition) is 2. The van der Waals surface area contributed by atoms with Crippen LogP contribution in [0, 0.1) is 5.82 Å². The predicted octanol–water partition coefficient (Wildman–Crippen LogP) is 2.84. The molecule has 3 aromatic rings. The van der Waals surface area contributed by atoms with Crippen LogP contribution in [-0.2, 0) is 17.8 Å². The van der Waals surface area contributed by atoms with Crippen molar-refractivity contribution in [2.24, 2.45) is 0 Å². The molecule has 37 heavy (non-hydrogen) atoms. The van der Waals surface area contributed by atoms with Crippen molar-refractivity contribution >= 4 is 23.4 Å². The van der Waals surface area contributed by atoms with Gasteiger partial charge in [0.25, 0.3) is 11.8 Å². The summed E-state index contributed by atoms with van der Waals surface area (Å²) >= 11 is 5.77. The molecule has 2 aromatic carbocycles. The number of halogens is 2. The summed E-state index contributed by atoms with van der Waals surface area (Å²) in [6.45, 7) is 5.21. The second-order valence-electron chi connectivity index (χ2n) is 8.35. The number of carbonyl (C=O) groups is 2. The van der Waals surface area contributed by atoms with Gasteiger partial charge in [-0.2, -0.15) is 0 Å². The number of benzene rings is 2. The summed E-state index contributed by atoms with van der Waals surface area (Å²) in [6, 6.07) is 13.0. The number of rotatable bonds is 10. The number of amides is 2. The van der Waals surface area contributed by atoms with Crippen LogP contribution in [0.2, 0.25) is 5.02 Å². The Balaban J connectivity index is 1.23. The summed E-state index contributed by atoms with van der Waals surface area (Å²) < 4.78 is 24.4. The van der Waals surface area contributed by atoms with Gasteiger partial charge in [-0.25, -0.2) is 14.4 Å². The predicted molar refractivity (Wildman–Crippen MR) is 135 cm³/mol. The zero-order valence-electron chi connectivity index (χ0n) is 20.1. The highest BCUT2D eigenvalue weighted by Crippen LogP contribution is 2.16. The number of nitrogens with one attached hydrogen (secondary N) is 2. The number of morpholine rings is 1. The molecule has 0 unspecified atom stereocenters. The second kappa shape index (κ2) is 13.1. The van der Waals surface area contributed by atoms with Crippen molar-refractivity contribution in [1.29, 1.82) is 0 Å². The van der Waals surface area contributed by atoms with Gasteiger partial charge in [0.2, 0.25) is 0 Å². The Morgan fingerprint density at radius 1 is 0.946 bits per heavy atom. The molecule has 0 spiro atoms. The third kappa shape index (κ3) is 7.94. The zero-order valence-corrected chi connectivity index (χ0v) is 20.8. The zero-order chi connectivity index (χ0) is 26.0. The average molecular weight is 528 g/mol. The van der Waals surface area contributed by atoms with Gasteiger partial charge in [0.15, 0.2) is 0 Å². The van der Waals surface area contributed by atoms with Gasteiger partial charge in [0.05, 0.1) is 18.2 Å². The van der Waals surface area contributed by atoms with Crippen LogP contribution in [-0.4, -0.2) is 66.1 Å². The third-order valence-electron chi connectivity index (χ3n) is 5.73. The molecule has 2 N–H and O–H groups in total. The lowest BCUT2D eigenvalue weighted by Gasteiger charge is -2.26. The maximum atomic E-state index is 13.3. The molecule has 194 valence electrons. The lowest BCUT2D eigenvalue weighted by Crippen LogP contribution is -2.38. The van der Waals surface area contributed by atoms with Gasteiger partial charge in [-0.05, 0) is 35.4 Å². The van der Waals surface area contributed by atoms with E-state index in [4.69, 9.17) is 21.1 Å². The monoisotopic (exact) mass is 527 g/mol. The van der Waals surface area contributed by atoms with E-state index in [1.807, 2.05) is 24.3 Å². The molecule has 2 heterocycles. The highest BCUT2D eigenvalue weighted by Gasteiger charge is 2.14. The summed E-state index contributed by atoms with van der Waals surface area (Å²) in [5.74, 6) is -0.710. The van der Waals surface area contributed by atoms with Crippen molar-refractivity contribution in [2.75, 3.05) is 39.5 Å². The molecule has 1 saturated heterocycles. The topological polar surface area (TPSA) is 106 Å². The van der Waals surface area contributed by atoms with E-state index in [0.717, 1.165) is 50.5 Å². The van der Waals surface area contributed by atoms with Gasteiger partial charge >= 0.3 is 0 Å². The van der Waals surface area contributed by atoms with Gasteiger partial charge in [0, 0.05) is 38.8 Å². The van der Waals surface area contributed by atoms with Crippen molar-refractivity contribution in [1.82, 2.24) is 25.5 Å². The minimum Gasteiger partial charge on any atom is -0.492 e. The second-order valence-corrected chi connectivity index (χ2v) is 8.76. The van der Waals surface area contributed by atoms with E-state index >= 15 is 0 Å². The molecule has 0 saturated carbocycles. The molecule has 0 atom stereocenters. The van der Waals surface area contributed by atoms with Crippen LogP contribution in [0.25, 0.3) is 0 Å². The number of hydrogen-bond acceptors (Lipinski definition) is 7. The molecule has 1 aliphatic heterocycles. The highest BCUT2D eigenvalue weighted by molar-refractivity contribution is 6.30. The summed E-state index contributed by atoms with van der Waals surface area (Å²) in [5.41, 5.74) is 1.61. The first-order valence-corrected chi connectivity index (χ1v) is 12.2. The number of ether oxygens (including phenoxy) is 2. The van der Waals surface area contributed by atoms with E-state index in [0.29, 0.717) is 12.2 Å². The summed E-state index contributed by atoms with van der Waals surface area (Å²) in [7, 11) is 0. The Labute approximate surface area is 219 Å². The van der Waals surface area contributed by atoms with Crippen LogP contribution < -0.4 is 15.4 Å². The van der Waals surface area contributed by atoms with Gasteiger partial charge in [-0.3, -0.25) is 14.5 Å². The average Bonchev–Trinajstić information content (AvgIpc) is 2.93. The molecule has 1 fully saturated rings. The van der Waals surface area contributed by atoms with Crippen LogP contribution in [0.1, 0.15) is 32.1 Å². The fraction of sp³-hybridized carbons (Fsp3) is 0.308. The molecule has 9 nitrogen and oxygen atoms in total. The highest BCUT2D eigenvalue weighted by atomic mass is 35.5. The molecule has 0 aliphatic carbocycles. The van der Waals surface area contributed by atoms with E-state index in [1.165, 1.54) is 24.3 Å². The first-order valence-electron chi connectivity index (χ1n) is 11.8. The van der Waals surface area contributed by atoms with E-state index in [-0.39, 0.29) is 29.5 Å². The van der Waals surface area contributed by atoms with Crippen molar-refractivity contribution in [3.63, 3.8) is 0 Å². The minimum atomic E-state index is -0.535. The first kappa shape index (κ1) is 26.5. The largest absolute Gasteiger partial charge is 0.492 e. The molecule has 2 amide bonds.